The van der Waals surface area contributed by atoms with E-state index in [2.05, 4.69) is 5.10 Å². The van der Waals surface area contributed by atoms with Gasteiger partial charge in [-0.2, -0.15) is 5.10 Å². The molecular weight excluding hydrogens is 272 g/mol. The highest BCUT2D eigenvalue weighted by Crippen LogP contribution is 2.22. The summed E-state index contributed by atoms with van der Waals surface area (Å²) in [4.78, 5) is 22.7. The fourth-order valence-electron chi connectivity index (χ4n) is 1.91. The molecule has 0 atom stereocenters. The summed E-state index contributed by atoms with van der Waals surface area (Å²) in [6.07, 6.45) is 0.852. The third-order valence-corrected chi connectivity index (χ3v) is 2.87. The van der Waals surface area contributed by atoms with Crippen molar-refractivity contribution in [1.82, 2.24) is 9.78 Å². The molecule has 110 valence electrons. The minimum absolute atomic E-state index is 0.508. The van der Waals surface area contributed by atoms with Gasteiger partial charge in [-0.1, -0.05) is 19.1 Å². The van der Waals surface area contributed by atoms with E-state index < -0.39 is 17.1 Å². The summed E-state index contributed by atoms with van der Waals surface area (Å²) in [6, 6.07) is 8.43. The van der Waals surface area contributed by atoms with Crippen LogP contribution in [0.2, 0.25) is 0 Å². The number of rotatable bonds is 5. The summed E-state index contributed by atoms with van der Waals surface area (Å²) in [7, 11) is 0. The van der Waals surface area contributed by atoms with E-state index in [1.807, 2.05) is 13.0 Å². The summed E-state index contributed by atoms with van der Waals surface area (Å²) in [5.41, 5.74) is 0.0256. The van der Waals surface area contributed by atoms with E-state index in [4.69, 9.17) is 9.84 Å². The summed E-state index contributed by atoms with van der Waals surface area (Å²) in [5.74, 6) is -0.754. The minimum Gasteiger partial charge on any atom is -0.491 e. The molecule has 1 aromatic carbocycles. The molecule has 0 saturated heterocycles. The standard InChI is InChI=1S/C15H16N2O4/c1-3-8-21-13-7-5-4-6-11(13)17-10(2)9-12(18)14(16-17)15(19)20/h4-7,9H,3,8H2,1-2H3,(H,19,20). The Hall–Kier alpha value is -2.63. The number of ether oxygens (including phenoxy) is 1. The van der Waals surface area contributed by atoms with Crippen LogP contribution in [0, 0.1) is 6.92 Å². The van der Waals surface area contributed by atoms with Gasteiger partial charge in [-0.15, -0.1) is 0 Å². The highest BCUT2D eigenvalue weighted by Gasteiger charge is 2.15. The molecule has 0 spiro atoms. The number of nitrogens with zero attached hydrogens (tertiary/aromatic N) is 2. The second-order valence-corrected chi connectivity index (χ2v) is 4.53. The fourth-order valence-corrected chi connectivity index (χ4v) is 1.91. The Morgan fingerprint density at radius 2 is 2.10 bits per heavy atom. The lowest BCUT2D eigenvalue weighted by molar-refractivity contribution is 0.0686. The van der Waals surface area contributed by atoms with E-state index in [-0.39, 0.29) is 0 Å². The fraction of sp³-hybridized carbons (Fsp3) is 0.267. The van der Waals surface area contributed by atoms with Crippen LogP contribution in [0.1, 0.15) is 29.5 Å². The number of carboxylic acid groups (broad SMARTS) is 1. The molecule has 1 aromatic heterocycles. The number of para-hydroxylation sites is 2. The first-order valence-electron chi connectivity index (χ1n) is 6.61. The Bertz CT molecular complexity index is 722. The maximum atomic E-state index is 11.6. The quantitative estimate of drug-likeness (QED) is 0.910. The number of carboxylic acids is 1. The Kier molecular flexibility index (Phi) is 4.37. The number of hydrogen-bond acceptors (Lipinski definition) is 4. The summed E-state index contributed by atoms with van der Waals surface area (Å²) in [6.45, 7) is 4.23. The molecular formula is C15H16N2O4. The number of aromatic nitrogens is 2. The Balaban J connectivity index is 2.59. The maximum Gasteiger partial charge on any atom is 0.360 e. The van der Waals surface area contributed by atoms with Crippen LogP contribution in [-0.4, -0.2) is 27.5 Å². The molecule has 2 aromatic rings. The van der Waals surface area contributed by atoms with Crippen molar-refractivity contribution in [3.63, 3.8) is 0 Å². The molecule has 0 amide bonds. The van der Waals surface area contributed by atoms with Gasteiger partial charge in [0.2, 0.25) is 11.1 Å². The van der Waals surface area contributed by atoms with Crippen LogP contribution in [0.25, 0.3) is 5.69 Å². The van der Waals surface area contributed by atoms with E-state index in [9.17, 15) is 9.59 Å². The van der Waals surface area contributed by atoms with Crippen molar-refractivity contribution in [2.75, 3.05) is 6.61 Å². The van der Waals surface area contributed by atoms with Crippen LogP contribution >= 0.6 is 0 Å². The normalized spacial score (nSPS) is 10.4. The van der Waals surface area contributed by atoms with Gasteiger partial charge in [0.25, 0.3) is 0 Å². The summed E-state index contributed by atoms with van der Waals surface area (Å²) >= 11 is 0. The van der Waals surface area contributed by atoms with Gasteiger partial charge >= 0.3 is 5.97 Å². The summed E-state index contributed by atoms with van der Waals surface area (Å²) in [5, 5.41) is 13.0. The second kappa shape index (κ2) is 6.21. The van der Waals surface area contributed by atoms with Crippen molar-refractivity contribution < 1.29 is 14.6 Å². The van der Waals surface area contributed by atoms with E-state index in [1.165, 1.54) is 10.7 Å². The van der Waals surface area contributed by atoms with Crippen molar-refractivity contribution in [1.29, 1.82) is 0 Å². The monoisotopic (exact) mass is 288 g/mol. The van der Waals surface area contributed by atoms with Gasteiger partial charge in [0.05, 0.1) is 6.61 Å². The van der Waals surface area contributed by atoms with Crippen molar-refractivity contribution >= 4 is 5.97 Å². The first-order chi connectivity index (χ1) is 10.0. The lowest BCUT2D eigenvalue weighted by Crippen LogP contribution is -2.22. The largest absolute Gasteiger partial charge is 0.491 e. The predicted molar refractivity (Wildman–Crippen MR) is 77.3 cm³/mol. The van der Waals surface area contributed by atoms with Crippen LogP contribution in [0.3, 0.4) is 0 Å². The lowest BCUT2D eigenvalue weighted by Gasteiger charge is -2.14. The smallest absolute Gasteiger partial charge is 0.360 e. The topological polar surface area (TPSA) is 81.4 Å². The van der Waals surface area contributed by atoms with E-state index >= 15 is 0 Å². The Labute approximate surface area is 121 Å². The Morgan fingerprint density at radius 1 is 1.38 bits per heavy atom. The molecule has 6 nitrogen and oxygen atoms in total. The van der Waals surface area contributed by atoms with E-state index in [0.29, 0.717) is 23.7 Å². The molecule has 0 saturated carbocycles. The van der Waals surface area contributed by atoms with Crippen LogP contribution in [-0.2, 0) is 0 Å². The van der Waals surface area contributed by atoms with Gasteiger partial charge in [-0.25, -0.2) is 9.48 Å². The summed E-state index contributed by atoms with van der Waals surface area (Å²) < 4.78 is 7.05. The minimum atomic E-state index is -1.35. The molecule has 21 heavy (non-hydrogen) atoms. The predicted octanol–water partition coefficient (Wildman–Crippen LogP) is 2.03. The zero-order valence-corrected chi connectivity index (χ0v) is 11.9. The van der Waals surface area contributed by atoms with E-state index in [1.54, 1.807) is 25.1 Å². The van der Waals surface area contributed by atoms with Crippen LogP contribution < -0.4 is 10.2 Å². The average Bonchev–Trinajstić information content (AvgIpc) is 2.45. The zero-order chi connectivity index (χ0) is 15.4. The first-order valence-corrected chi connectivity index (χ1v) is 6.61. The molecule has 1 heterocycles. The molecule has 0 fully saturated rings. The number of carbonyl (C=O) groups is 1. The third-order valence-electron chi connectivity index (χ3n) is 2.87. The molecule has 1 N–H and O–H groups in total. The molecule has 0 bridgehead atoms. The van der Waals surface area contributed by atoms with Crippen molar-refractivity contribution in [3.05, 3.63) is 51.9 Å². The average molecular weight is 288 g/mol. The molecule has 2 rings (SSSR count). The van der Waals surface area contributed by atoms with Crippen molar-refractivity contribution in [2.24, 2.45) is 0 Å². The number of aromatic carboxylic acids is 1. The van der Waals surface area contributed by atoms with Gasteiger partial charge < -0.3 is 9.84 Å². The lowest BCUT2D eigenvalue weighted by atomic mass is 10.2. The molecule has 0 aliphatic rings. The first kappa shape index (κ1) is 14.8. The van der Waals surface area contributed by atoms with Gasteiger partial charge in [-0.3, -0.25) is 4.79 Å². The van der Waals surface area contributed by atoms with Gasteiger partial charge in [0, 0.05) is 11.8 Å². The van der Waals surface area contributed by atoms with Crippen LogP contribution in [0.5, 0.6) is 5.75 Å². The Morgan fingerprint density at radius 3 is 2.76 bits per heavy atom. The SMILES string of the molecule is CCCOc1ccccc1-n1nc(C(=O)O)c(=O)cc1C. The molecule has 6 heteroatoms. The van der Waals surface area contributed by atoms with Crippen molar-refractivity contribution in [3.8, 4) is 11.4 Å². The third kappa shape index (κ3) is 3.10. The van der Waals surface area contributed by atoms with Crippen molar-refractivity contribution in [2.45, 2.75) is 20.3 Å². The highest BCUT2D eigenvalue weighted by atomic mass is 16.5. The number of aryl methyl sites for hydroxylation is 1. The maximum absolute atomic E-state index is 11.6. The molecule has 0 aliphatic heterocycles. The molecule has 0 radical (unpaired) electrons. The van der Waals surface area contributed by atoms with Crippen LogP contribution in [0.4, 0.5) is 0 Å². The van der Waals surface area contributed by atoms with Gasteiger partial charge in [0.1, 0.15) is 11.4 Å². The number of hydrogen-bond donors (Lipinski definition) is 1. The van der Waals surface area contributed by atoms with Gasteiger partial charge in [0.15, 0.2) is 0 Å². The van der Waals surface area contributed by atoms with Crippen LogP contribution in [0.15, 0.2) is 35.1 Å². The molecule has 0 unspecified atom stereocenters. The zero-order valence-electron chi connectivity index (χ0n) is 11.9. The highest BCUT2D eigenvalue weighted by molar-refractivity contribution is 5.85. The number of benzene rings is 1. The molecule has 0 aliphatic carbocycles. The van der Waals surface area contributed by atoms with Gasteiger partial charge in [-0.05, 0) is 25.5 Å². The van der Waals surface area contributed by atoms with E-state index in [0.717, 1.165) is 6.42 Å². The second-order valence-electron chi connectivity index (χ2n) is 4.53.